The first-order valence-electron chi connectivity index (χ1n) is 10.3. The van der Waals surface area contributed by atoms with Crippen LogP contribution in [0.25, 0.3) is 0 Å². The van der Waals surface area contributed by atoms with Crippen LogP contribution < -0.4 is 9.47 Å². The van der Waals surface area contributed by atoms with Crippen molar-refractivity contribution in [1.82, 2.24) is 9.80 Å². The first-order valence-corrected chi connectivity index (χ1v) is 10.3. The molecule has 11 heteroatoms. The summed E-state index contributed by atoms with van der Waals surface area (Å²) in [5.41, 5.74) is -0.332. The van der Waals surface area contributed by atoms with Crippen molar-refractivity contribution < 1.29 is 41.8 Å². The van der Waals surface area contributed by atoms with Crippen LogP contribution in [0, 0.1) is 0 Å². The second-order valence-electron chi connectivity index (χ2n) is 7.39. The minimum absolute atomic E-state index is 0.153. The molecule has 0 aliphatic carbocycles. The number of carbonyl (C=O) groups is 3. The number of nitrogens with zero attached hydrogens (tertiary/aromatic N) is 2. The Morgan fingerprint density at radius 2 is 1.35 bits per heavy atom. The number of rotatable bonds is 6. The molecule has 0 spiro atoms. The van der Waals surface area contributed by atoms with Crippen molar-refractivity contribution in [2.75, 3.05) is 47.0 Å². The number of carbonyl (C=O) groups excluding carboxylic acids is 3. The first-order chi connectivity index (χ1) is 16.1. The highest BCUT2D eigenvalue weighted by Gasteiger charge is 2.31. The van der Waals surface area contributed by atoms with Crippen LogP contribution in [-0.4, -0.2) is 74.6 Å². The van der Waals surface area contributed by atoms with Crippen LogP contribution in [-0.2, 0) is 15.7 Å². The number of hydrogen-bond acceptors (Lipinski definition) is 6. The maximum atomic E-state index is 12.9. The van der Waals surface area contributed by atoms with E-state index in [1.54, 1.807) is 4.90 Å². The molecule has 8 nitrogen and oxygen atoms in total. The van der Waals surface area contributed by atoms with Crippen LogP contribution in [0.1, 0.15) is 26.3 Å². The van der Waals surface area contributed by atoms with Gasteiger partial charge in [0.25, 0.3) is 11.8 Å². The lowest BCUT2D eigenvalue weighted by atomic mass is 10.1. The maximum absolute atomic E-state index is 12.9. The summed E-state index contributed by atoms with van der Waals surface area (Å²) < 4.78 is 53.3. The normalized spacial score (nSPS) is 13.9. The summed E-state index contributed by atoms with van der Waals surface area (Å²) in [6, 6.07) is 8.60. The Morgan fingerprint density at radius 1 is 0.824 bits per heavy atom. The average Bonchev–Trinajstić information content (AvgIpc) is 2.85. The fourth-order valence-electron chi connectivity index (χ4n) is 3.40. The van der Waals surface area contributed by atoms with Crippen molar-refractivity contribution in [1.29, 1.82) is 0 Å². The lowest BCUT2D eigenvalue weighted by molar-refractivity contribution is -0.143. The van der Waals surface area contributed by atoms with Crippen LogP contribution in [0.4, 0.5) is 13.2 Å². The molecule has 0 atom stereocenters. The largest absolute Gasteiger partial charge is 0.493 e. The van der Waals surface area contributed by atoms with Gasteiger partial charge in [0, 0.05) is 37.3 Å². The molecule has 1 heterocycles. The van der Waals surface area contributed by atoms with Crippen molar-refractivity contribution in [3.05, 3.63) is 59.2 Å². The van der Waals surface area contributed by atoms with Crippen molar-refractivity contribution in [3.8, 4) is 11.5 Å². The summed E-state index contributed by atoms with van der Waals surface area (Å²) in [4.78, 5) is 39.9. The second kappa shape index (κ2) is 10.4. The molecule has 2 aromatic carbocycles. The van der Waals surface area contributed by atoms with Gasteiger partial charge >= 0.3 is 12.1 Å². The SMILES string of the molecule is COC(=O)COc1ccc(C(=O)N2CCN(C(=O)c3ccc(C(F)(F)F)cc3)CC2)cc1OC. The zero-order valence-corrected chi connectivity index (χ0v) is 18.6. The molecule has 0 saturated carbocycles. The number of esters is 1. The number of halogens is 3. The van der Waals surface area contributed by atoms with E-state index in [-0.39, 0.29) is 55.8 Å². The molecule has 0 unspecified atom stereocenters. The molecule has 34 heavy (non-hydrogen) atoms. The van der Waals surface area contributed by atoms with Crippen LogP contribution in [0.5, 0.6) is 11.5 Å². The van der Waals surface area contributed by atoms with Gasteiger partial charge in [-0.3, -0.25) is 9.59 Å². The highest BCUT2D eigenvalue weighted by Crippen LogP contribution is 2.30. The highest BCUT2D eigenvalue weighted by molar-refractivity contribution is 5.96. The van der Waals surface area contributed by atoms with Gasteiger partial charge in [-0.15, -0.1) is 0 Å². The minimum Gasteiger partial charge on any atom is -0.493 e. The predicted octanol–water partition coefficient (Wildman–Crippen LogP) is 2.86. The predicted molar refractivity (Wildman–Crippen MR) is 114 cm³/mol. The van der Waals surface area contributed by atoms with Crippen LogP contribution in [0.15, 0.2) is 42.5 Å². The fourth-order valence-corrected chi connectivity index (χ4v) is 3.40. The third-order valence-corrected chi connectivity index (χ3v) is 5.30. The third kappa shape index (κ3) is 5.77. The Labute approximate surface area is 193 Å². The van der Waals surface area contributed by atoms with Gasteiger partial charge in [0.05, 0.1) is 19.8 Å². The standard InChI is InChI=1S/C23H23F3N2O6/c1-32-19-13-16(5-8-18(19)34-14-20(29)33-2)22(31)28-11-9-27(10-12-28)21(30)15-3-6-17(7-4-15)23(24,25)26/h3-8,13H,9-12,14H2,1-2H3. The minimum atomic E-state index is -4.47. The summed E-state index contributed by atoms with van der Waals surface area (Å²) in [7, 11) is 2.64. The number of ether oxygens (including phenoxy) is 3. The molecule has 2 amide bonds. The quantitative estimate of drug-likeness (QED) is 0.592. The van der Waals surface area contributed by atoms with E-state index in [1.807, 2.05) is 0 Å². The van der Waals surface area contributed by atoms with E-state index in [0.29, 0.717) is 5.56 Å². The van der Waals surface area contributed by atoms with Crippen LogP contribution in [0.2, 0.25) is 0 Å². The van der Waals surface area contributed by atoms with E-state index < -0.39 is 23.6 Å². The van der Waals surface area contributed by atoms with Gasteiger partial charge in [0.2, 0.25) is 0 Å². The number of hydrogen-bond donors (Lipinski definition) is 0. The molecule has 1 aliphatic rings. The van der Waals surface area contributed by atoms with Gasteiger partial charge in [0.15, 0.2) is 18.1 Å². The molecule has 0 bridgehead atoms. The van der Waals surface area contributed by atoms with Crippen LogP contribution in [0.3, 0.4) is 0 Å². The lowest BCUT2D eigenvalue weighted by Crippen LogP contribution is -2.50. The lowest BCUT2D eigenvalue weighted by Gasteiger charge is -2.35. The molecular weight excluding hydrogens is 457 g/mol. The maximum Gasteiger partial charge on any atom is 0.416 e. The number of methoxy groups -OCH3 is 2. The van der Waals surface area contributed by atoms with Crippen LogP contribution >= 0.6 is 0 Å². The summed E-state index contributed by atoms with van der Waals surface area (Å²) >= 11 is 0. The first kappa shape index (κ1) is 24.9. The highest BCUT2D eigenvalue weighted by atomic mass is 19.4. The summed E-state index contributed by atoms with van der Waals surface area (Å²) in [6.07, 6.45) is -4.47. The number of amides is 2. The molecule has 1 aliphatic heterocycles. The van der Waals surface area contributed by atoms with Gasteiger partial charge in [-0.1, -0.05) is 0 Å². The smallest absolute Gasteiger partial charge is 0.416 e. The third-order valence-electron chi connectivity index (χ3n) is 5.30. The molecule has 1 fully saturated rings. The summed E-state index contributed by atoms with van der Waals surface area (Å²) in [6.45, 7) is 0.684. The molecule has 3 rings (SSSR count). The number of alkyl halides is 3. The van der Waals surface area contributed by atoms with Crippen molar-refractivity contribution in [3.63, 3.8) is 0 Å². The van der Waals surface area contributed by atoms with E-state index in [0.717, 1.165) is 24.3 Å². The number of piperazine rings is 1. The zero-order chi connectivity index (χ0) is 24.9. The van der Waals surface area contributed by atoms with Crippen molar-refractivity contribution in [2.45, 2.75) is 6.18 Å². The fraction of sp³-hybridized carbons (Fsp3) is 0.348. The van der Waals surface area contributed by atoms with Gasteiger partial charge in [-0.05, 0) is 42.5 Å². The molecule has 1 saturated heterocycles. The Bertz CT molecular complexity index is 1050. The van der Waals surface area contributed by atoms with Gasteiger partial charge in [-0.2, -0.15) is 13.2 Å². The Morgan fingerprint density at radius 3 is 1.85 bits per heavy atom. The Kier molecular flexibility index (Phi) is 7.64. The zero-order valence-electron chi connectivity index (χ0n) is 18.6. The van der Waals surface area contributed by atoms with E-state index in [9.17, 15) is 27.6 Å². The molecule has 0 radical (unpaired) electrons. The number of benzene rings is 2. The molecule has 0 N–H and O–H groups in total. The summed E-state index contributed by atoms with van der Waals surface area (Å²) in [5, 5.41) is 0. The van der Waals surface area contributed by atoms with E-state index in [2.05, 4.69) is 4.74 Å². The molecule has 182 valence electrons. The van der Waals surface area contributed by atoms with Gasteiger partial charge in [-0.25, -0.2) is 4.79 Å². The van der Waals surface area contributed by atoms with E-state index in [1.165, 1.54) is 37.3 Å². The van der Waals surface area contributed by atoms with Crippen molar-refractivity contribution >= 4 is 17.8 Å². The summed E-state index contributed by atoms with van der Waals surface area (Å²) in [5.74, 6) is -0.692. The molecule has 2 aromatic rings. The van der Waals surface area contributed by atoms with E-state index >= 15 is 0 Å². The molecular formula is C23H23F3N2O6. The molecule has 0 aromatic heterocycles. The average molecular weight is 480 g/mol. The topological polar surface area (TPSA) is 85.4 Å². The second-order valence-corrected chi connectivity index (χ2v) is 7.39. The van der Waals surface area contributed by atoms with E-state index in [4.69, 9.17) is 9.47 Å². The monoisotopic (exact) mass is 480 g/mol. The Balaban J connectivity index is 1.60. The van der Waals surface area contributed by atoms with Gasteiger partial charge in [0.1, 0.15) is 0 Å². The van der Waals surface area contributed by atoms with Crippen molar-refractivity contribution in [2.24, 2.45) is 0 Å². The van der Waals surface area contributed by atoms with Gasteiger partial charge < -0.3 is 24.0 Å². The Hall–Kier alpha value is -3.76.